The Morgan fingerprint density at radius 1 is 1.21 bits per heavy atom. The number of esters is 1. The third-order valence-electron chi connectivity index (χ3n) is 6.06. The third-order valence-corrected chi connectivity index (χ3v) is 6.06. The summed E-state index contributed by atoms with van der Waals surface area (Å²) in [5, 5.41) is 13.9. The predicted molar refractivity (Wildman–Crippen MR) is 110 cm³/mol. The molecule has 0 saturated carbocycles. The highest BCUT2D eigenvalue weighted by Crippen LogP contribution is 2.39. The van der Waals surface area contributed by atoms with Gasteiger partial charge in [0.15, 0.2) is 0 Å². The summed E-state index contributed by atoms with van der Waals surface area (Å²) in [6.07, 6.45) is 0.518. The summed E-state index contributed by atoms with van der Waals surface area (Å²) in [6, 6.07) is 11.2. The van der Waals surface area contributed by atoms with Gasteiger partial charge in [0.05, 0.1) is 17.5 Å². The van der Waals surface area contributed by atoms with Gasteiger partial charge in [-0.25, -0.2) is 0 Å². The lowest BCUT2D eigenvalue weighted by molar-refractivity contribution is -0.565. The second-order valence-electron chi connectivity index (χ2n) is 7.45. The number of cyclic esters (lactones) is 1. The smallest absolute Gasteiger partial charge is 0.316 e. The van der Waals surface area contributed by atoms with E-state index in [1.807, 2.05) is 51.1 Å². The van der Waals surface area contributed by atoms with Gasteiger partial charge in [0.2, 0.25) is 11.2 Å². The summed E-state index contributed by atoms with van der Waals surface area (Å²) in [5.74, 6) is -0.325. The maximum atomic E-state index is 13.1. The number of para-hydroxylation sites is 1. The molecule has 1 atom stereocenters. The summed E-state index contributed by atoms with van der Waals surface area (Å²) in [7, 11) is 0. The zero-order valence-electron chi connectivity index (χ0n) is 17.1. The van der Waals surface area contributed by atoms with Crippen molar-refractivity contribution in [3.8, 4) is 11.4 Å². The van der Waals surface area contributed by atoms with Gasteiger partial charge in [-0.1, -0.05) is 32.9 Å². The van der Waals surface area contributed by atoms with Crippen molar-refractivity contribution in [2.45, 2.75) is 52.7 Å². The number of pyridine rings is 2. The van der Waals surface area contributed by atoms with Gasteiger partial charge < -0.3 is 9.94 Å². The number of hydrogen-bond donors (Lipinski definition) is 0. The third kappa shape index (κ3) is 2.51. The first-order valence-electron chi connectivity index (χ1n) is 10.0. The molecule has 6 nitrogen and oxygen atoms in total. The van der Waals surface area contributed by atoms with E-state index in [9.17, 15) is 14.8 Å². The van der Waals surface area contributed by atoms with Crippen molar-refractivity contribution in [1.29, 1.82) is 0 Å². The number of aromatic nitrogens is 2. The molecule has 3 aromatic rings. The summed E-state index contributed by atoms with van der Waals surface area (Å²) >= 11 is 0. The topological polar surface area (TPSA) is 75.2 Å². The molecule has 0 radical (unpaired) electrons. The summed E-state index contributed by atoms with van der Waals surface area (Å²) in [4.78, 5) is 25.6. The Balaban J connectivity index is 0.000000994. The van der Waals surface area contributed by atoms with Crippen LogP contribution in [0, 0.1) is 5.21 Å². The number of fused-ring (bicyclic) bond motifs is 5. The van der Waals surface area contributed by atoms with E-state index in [-0.39, 0.29) is 18.1 Å². The second-order valence-corrected chi connectivity index (χ2v) is 7.45. The summed E-state index contributed by atoms with van der Waals surface area (Å²) in [6.45, 7) is 8.03. The molecule has 0 saturated heterocycles. The van der Waals surface area contributed by atoms with E-state index < -0.39 is 5.41 Å². The Morgan fingerprint density at radius 2 is 1.93 bits per heavy atom. The van der Waals surface area contributed by atoms with Gasteiger partial charge >= 0.3 is 5.97 Å². The van der Waals surface area contributed by atoms with Gasteiger partial charge in [0.25, 0.3) is 5.56 Å². The molecule has 150 valence electrons. The lowest BCUT2D eigenvalue weighted by atomic mass is 9.76. The second kappa shape index (κ2) is 6.72. The first kappa shape index (κ1) is 19.2. The van der Waals surface area contributed by atoms with Crippen molar-refractivity contribution in [2.75, 3.05) is 0 Å². The monoisotopic (exact) mass is 392 g/mol. The minimum Gasteiger partial charge on any atom is -0.618 e. The van der Waals surface area contributed by atoms with Crippen molar-refractivity contribution in [1.82, 2.24) is 4.57 Å². The minimum absolute atomic E-state index is 0.0153. The molecule has 4 heterocycles. The van der Waals surface area contributed by atoms with Crippen molar-refractivity contribution in [3.05, 3.63) is 68.6 Å². The fourth-order valence-corrected chi connectivity index (χ4v) is 4.28. The number of benzene rings is 1. The van der Waals surface area contributed by atoms with E-state index in [4.69, 9.17) is 4.74 Å². The number of carbonyl (C=O) groups excluding carboxylic acids is 1. The van der Waals surface area contributed by atoms with Gasteiger partial charge in [-0.05, 0) is 37.1 Å². The fraction of sp³-hybridized carbons (Fsp3) is 0.348. The SMILES string of the molecule is CC.CCC1(C)C(=O)OCc2c1cc1n(c2=O)Cc2cc3ccccc3[n+]([O-])c2-1. The van der Waals surface area contributed by atoms with Gasteiger partial charge in [-0.15, -0.1) is 0 Å². The Bertz CT molecular complexity index is 1210. The van der Waals surface area contributed by atoms with E-state index in [2.05, 4.69) is 0 Å². The van der Waals surface area contributed by atoms with Crippen LogP contribution in [0.25, 0.3) is 22.3 Å². The molecule has 2 aromatic heterocycles. The maximum Gasteiger partial charge on any atom is 0.316 e. The van der Waals surface area contributed by atoms with Crippen molar-refractivity contribution in [2.24, 2.45) is 0 Å². The zero-order valence-corrected chi connectivity index (χ0v) is 17.1. The van der Waals surface area contributed by atoms with Crippen LogP contribution in [0.3, 0.4) is 0 Å². The average Bonchev–Trinajstić information content (AvgIpc) is 3.12. The molecule has 1 aromatic carbocycles. The van der Waals surface area contributed by atoms with Crippen LogP contribution in [0.5, 0.6) is 0 Å². The Labute approximate surface area is 168 Å². The number of carbonyl (C=O) groups is 1. The Hall–Kier alpha value is -3.15. The molecule has 0 spiro atoms. The highest BCUT2D eigenvalue weighted by molar-refractivity contribution is 5.86. The van der Waals surface area contributed by atoms with Crippen LogP contribution in [-0.4, -0.2) is 10.5 Å². The lowest BCUT2D eigenvalue weighted by Gasteiger charge is -2.33. The summed E-state index contributed by atoms with van der Waals surface area (Å²) in [5.41, 5.74) is 2.57. The van der Waals surface area contributed by atoms with Crippen LogP contribution in [0.2, 0.25) is 0 Å². The number of ether oxygens (including phenoxy) is 1. The molecule has 1 unspecified atom stereocenters. The van der Waals surface area contributed by atoms with Crippen LogP contribution in [0.1, 0.15) is 50.8 Å². The lowest BCUT2D eigenvalue weighted by Crippen LogP contribution is -2.42. The standard InChI is InChI=1S/C21H18N2O4.C2H6/c1-3-21(2)15-9-17-18-13(8-12-6-4-5-7-16(12)23(18)26)10-22(17)19(24)14(15)11-27-20(21)25;1-2/h4-9H,3,10-11H2,1-2H3;1-2H3. The first-order valence-corrected chi connectivity index (χ1v) is 10.0. The molecule has 0 amide bonds. The fourth-order valence-electron chi connectivity index (χ4n) is 4.28. The number of rotatable bonds is 1. The highest BCUT2D eigenvalue weighted by atomic mass is 16.5. The molecule has 0 fully saturated rings. The molecule has 0 aliphatic carbocycles. The van der Waals surface area contributed by atoms with Crippen molar-refractivity contribution < 1.29 is 14.3 Å². The zero-order chi connectivity index (χ0) is 20.9. The normalized spacial score (nSPS) is 19.0. The van der Waals surface area contributed by atoms with Gasteiger partial charge in [-0.3, -0.25) is 14.2 Å². The van der Waals surface area contributed by atoms with E-state index >= 15 is 0 Å². The quantitative estimate of drug-likeness (QED) is 0.283. The van der Waals surface area contributed by atoms with E-state index in [0.717, 1.165) is 15.7 Å². The molecular formula is C23H24N2O4. The van der Waals surface area contributed by atoms with Crippen LogP contribution < -0.4 is 10.3 Å². The van der Waals surface area contributed by atoms with Crippen molar-refractivity contribution in [3.63, 3.8) is 0 Å². The van der Waals surface area contributed by atoms with E-state index in [1.54, 1.807) is 17.6 Å². The predicted octanol–water partition coefficient (Wildman–Crippen LogP) is 3.41. The van der Waals surface area contributed by atoms with E-state index in [0.29, 0.717) is 41.0 Å². The Kier molecular flexibility index (Phi) is 4.45. The minimum atomic E-state index is -0.879. The van der Waals surface area contributed by atoms with Crippen LogP contribution in [0.15, 0.2) is 41.2 Å². The molecule has 0 N–H and O–H groups in total. The molecule has 2 aliphatic rings. The molecule has 29 heavy (non-hydrogen) atoms. The largest absolute Gasteiger partial charge is 0.618 e. The van der Waals surface area contributed by atoms with Gasteiger partial charge in [-0.2, -0.15) is 4.73 Å². The van der Waals surface area contributed by atoms with Crippen LogP contribution in [-0.2, 0) is 28.1 Å². The molecule has 5 rings (SSSR count). The van der Waals surface area contributed by atoms with Crippen LogP contribution in [0.4, 0.5) is 0 Å². The molecule has 6 heteroatoms. The molecule has 0 bridgehead atoms. The number of nitrogens with zero attached hydrogens (tertiary/aromatic N) is 2. The Morgan fingerprint density at radius 3 is 2.66 bits per heavy atom. The highest BCUT2D eigenvalue weighted by Gasteiger charge is 2.43. The average molecular weight is 392 g/mol. The maximum absolute atomic E-state index is 13.1. The first-order chi connectivity index (χ1) is 14.0. The van der Waals surface area contributed by atoms with E-state index in [1.165, 1.54) is 0 Å². The van der Waals surface area contributed by atoms with Gasteiger partial charge in [0.1, 0.15) is 12.3 Å². The molecule has 2 aliphatic heterocycles. The van der Waals surface area contributed by atoms with Crippen molar-refractivity contribution >= 4 is 16.9 Å². The molecular weight excluding hydrogens is 368 g/mol. The van der Waals surface area contributed by atoms with Gasteiger partial charge in [0, 0.05) is 17.0 Å². The van der Waals surface area contributed by atoms with Crippen LogP contribution >= 0.6 is 0 Å². The summed E-state index contributed by atoms with van der Waals surface area (Å²) < 4.78 is 7.82. The number of hydrogen-bond acceptors (Lipinski definition) is 4.